The van der Waals surface area contributed by atoms with Gasteiger partial charge in [0, 0.05) is 37.9 Å². The molecule has 0 spiro atoms. The van der Waals surface area contributed by atoms with Gasteiger partial charge in [-0.1, -0.05) is 12.1 Å². The van der Waals surface area contributed by atoms with Gasteiger partial charge in [0.25, 0.3) is 0 Å². The third-order valence-corrected chi connectivity index (χ3v) is 5.41. The standard InChI is InChI=1S/C21H25F3N4S/c1-14-10-15(2)25-19(11-14)26-20(29)28-9-8-27(16(3)12-28)13-17-4-6-18(7-5-17)21(22,23)24/h4-7,10-11,16H,8-9,12-13H2,1-3H3,(H,25,26,29)/t16-/m1/s1. The van der Waals surface area contributed by atoms with Crippen LogP contribution < -0.4 is 5.32 Å². The molecule has 0 unspecified atom stereocenters. The van der Waals surface area contributed by atoms with Crippen molar-refractivity contribution in [2.24, 2.45) is 0 Å². The first-order valence-corrected chi connectivity index (χ1v) is 9.94. The molecule has 1 saturated heterocycles. The number of benzene rings is 1. The molecule has 0 radical (unpaired) electrons. The highest BCUT2D eigenvalue weighted by atomic mass is 32.1. The first-order chi connectivity index (χ1) is 13.6. The van der Waals surface area contributed by atoms with Crippen LogP contribution in [0.3, 0.4) is 0 Å². The van der Waals surface area contributed by atoms with Gasteiger partial charge in [0.05, 0.1) is 5.56 Å². The molecule has 1 aromatic heterocycles. The molecule has 1 aliphatic heterocycles. The summed E-state index contributed by atoms with van der Waals surface area (Å²) >= 11 is 5.56. The van der Waals surface area contributed by atoms with E-state index in [1.165, 1.54) is 0 Å². The Kier molecular flexibility index (Phi) is 6.43. The molecular formula is C21H25F3N4S. The zero-order valence-corrected chi connectivity index (χ0v) is 17.6. The van der Waals surface area contributed by atoms with Gasteiger partial charge in [-0.25, -0.2) is 4.98 Å². The number of nitrogens with one attached hydrogen (secondary N) is 1. The number of rotatable bonds is 3. The molecule has 1 atom stereocenters. The first kappa shape index (κ1) is 21.5. The van der Waals surface area contributed by atoms with Gasteiger partial charge in [-0.05, 0) is 68.4 Å². The fourth-order valence-corrected chi connectivity index (χ4v) is 3.81. The van der Waals surface area contributed by atoms with E-state index in [4.69, 9.17) is 12.2 Å². The van der Waals surface area contributed by atoms with Crippen molar-refractivity contribution < 1.29 is 13.2 Å². The second kappa shape index (κ2) is 8.67. The number of nitrogens with zero attached hydrogens (tertiary/aromatic N) is 3. The number of alkyl halides is 3. The molecule has 8 heteroatoms. The Morgan fingerprint density at radius 3 is 2.45 bits per heavy atom. The average Bonchev–Trinajstić information content (AvgIpc) is 2.62. The van der Waals surface area contributed by atoms with Gasteiger partial charge in [0.1, 0.15) is 5.82 Å². The van der Waals surface area contributed by atoms with Gasteiger partial charge in [-0.2, -0.15) is 13.2 Å². The Labute approximate surface area is 174 Å². The molecule has 0 aliphatic carbocycles. The summed E-state index contributed by atoms with van der Waals surface area (Å²) in [6.07, 6.45) is -4.30. The summed E-state index contributed by atoms with van der Waals surface area (Å²) in [5, 5.41) is 3.86. The minimum Gasteiger partial charge on any atom is -0.346 e. The number of anilines is 1. The van der Waals surface area contributed by atoms with Crippen LogP contribution in [0, 0.1) is 13.8 Å². The Morgan fingerprint density at radius 1 is 1.17 bits per heavy atom. The zero-order valence-electron chi connectivity index (χ0n) is 16.8. The van der Waals surface area contributed by atoms with Gasteiger partial charge >= 0.3 is 6.18 Å². The monoisotopic (exact) mass is 422 g/mol. The Morgan fingerprint density at radius 2 is 1.86 bits per heavy atom. The van der Waals surface area contributed by atoms with E-state index in [9.17, 15) is 13.2 Å². The fraction of sp³-hybridized carbons (Fsp3) is 0.429. The zero-order chi connectivity index (χ0) is 21.2. The van der Waals surface area contributed by atoms with Gasteiger partial charge in [0.15, 0.2) is 5.11 Å². The van der Waals surface area contributed by atoms with Gasteiger partial charge in [-0.15, -0.1) is 0 Å². The lowest BCUT2D eigenvalue weighted by atomic mass is 10.1. The minimum absolute atomic E-state index is 0.220. The Hall–Kier alpha value is -2.19. The largest absolute Gasteiger partial charge is 0.416 e. The van der Waals surface area contributed by atoms with Gasteiger partial charge in [0.2, 0.25) is 0 Å². The number of hydrogen-bond donors (Lipinski definition) is 1. The molecule has 1 fully saturated rings. The maximum atomic E-state index is 12.7. The molecule has 3 rings (SSSR count). The van der Waals surface area contributed by atoms with E-state index >= 15 is 0 Å². The number of pyridine rings is 1. The van der Waals surface area contributed by atoms with Crippen LogP contribution in [0.5, 0.6) is 0 Å². The van der Waals surface area contributed by atoms with Crippen molar-refractivity contribution in [1.29, 1.82) is 0 Å². The number of piperazine rings is 1. The van der Waals surface area contributed by atoms with Gasteiger partial charge in [-0.3, -0.25) is 4.90 Å². The van der Waals surface area contributed by atoms with Crippen LogP contribution in [0.15, 0.2) is 36.4 Å². The maximum absolute atomic E-state index is 12.7. The summed E-state index contributed by atoms with van der Waals surface area (Å²) in [6, 6.07) is 9.59. The van der Waals surface area contributed by atoms with Crippen molar-refractivity contribution >= 4 is 23.1 Å². The smallest absolute Gasteiger partial charge is 0.346 e. The number of hydrogen-bond acceptors (Lipinski definition) is 3. The third-order valence-electron chi connectivity index (χ3n) is 5.05. The number of halogens is 3. The summed E-state index contributed by atoms with van der Waals surface area (Å²) < 4.78 is 38.2. The maximum Gasteiger partial charge on any atom is 0.416 e. The lowest BCUT2D eigenvalue weighted by Gasteiger charge is -2.41. The molecule has 2 aromatic rings. The predicted octanol–water partition coefficient (Wildman–Crippen LogP) is 4.62. The normalized spacial score (nSPS) is 18.0. The van der Waals surface area contributed by atoms with E-state index in [0.29, 0.717) is 11.7 Å². The number of aryl methyl sites for hydroxylation is 2. The predicted molar refractivity (Wildman–Crippen MR) is 113 cm³/mol. The van der Waals surface area contributed by atoms with Crippen LogP contribution >= 0.6 is 12.2 Å². The second-order valence-corrected chi connectivity index (χ2v) is 7.95. The van der Waals surface area contributed by atoms with Crippen LogP contribution in [0.1, 0.15) is 29.3 Å². The summed E-state index contributed by atoms with van der Waals surface area (Å²) in [5.41, 5.74) is 2.32. The fourth-order valence-electron chi connectivity index (χ4n) is 3.54. The van der Waals surface area contributed by atoms with Crippen molar-refractivity contribution in [2.45, 2.75) is 39.5 Å². The van der Waals surface area contributed by atoms with E-state index in [0.717, 1.165) is 54.4 Å². The van der Waals surface area contributed by atoms with Crippen LogP contribution in [-0.4, -0.2) is 45.6 Å². The first-order valence-electron chi connectivity index (χ1n) is 9.53. The van der Waals surface area contributed by atoms with E-state index in [1.807, 2.05) is 26.0 Å². The molecule has 29 heavy (non-hydrogen) atoms. The number of thiocarbonyl (C=S) groups is 1. The molecule has 156 valence electrons. The van der Waals surface area contributed by atoms with E-state index < -0.39 is 11.7 Å². The molecule has 1 aliphatic rings. The number of aromatic nitrogens is 1. The van der Waals surface area contributed by atoms with Gasteiger partial charge < -0.3 is 10.2 Å². The summed E-state index contributed by atoms with van der Waals surface area (Å²) in [6.45, 7) is 8.97. The van der Waals surface area contributed by atoms with E-state index in [1.54, 1.807) is 12.1 Å². The molecular weight excluding hydrogens is 397 g/mol. The molecule has 1 N–H and O–H groups in total. The lowest BCUT2D eigenvalue weighted by Crippen LogP contribution is -2.54. The SMILES string of the molecule is Cc1cc(C)nc(NC(=S)N2CCN(Cc3ccc(C(F)(F)F)cc3)[C@H](C)C2)c1. The van der Waals surface area contributed by atoms with Crippen LogP contribution in [0.4, 0.5) is 19.0 Å². The second-order valence-electron chi connectivity index (χ2n) is 7.56. The van der Waals surface area contributed by atoms with Crippen molar-refractivity contribution in [3.8, 4) is 0 Å². The molecule has 4 nitrogen and oxygen atoms in total. The Balaban J connectivity index is 1.56. The summed E-state index contributed by atoms with van der Waals surface area (Å²) in [4.78, 5) is 8.84. The average molecular weight is 423 g/mol. The van der Waals surface area contributed by atoms with Crippen molar-refractivity contribution in [1.82, 2.24) is 14.8 Å². The van der Waals surface area contributed by atoms with Crippen molar-refractivity contribution in [3.63, 3.8) is 0 Å². The molecule has 0 amide bonds. The Bertz CT molecular complexity index is 847. The van der Waals surface area contributed by atoms with Crippen LogP contribution in [0.2, 0.25) is 0 Å². The highest BCUT2D eigenvalue weighted by molar-refractivity contribution is 7.80. The van der Waals surface area contributed by atoms with E-state index in [2.05, 4.69) is 27.0 Å². The highest BCUT2D eigenvalue weighted by Crippen LogP contribution is 2.29. The summed E-state index contributed by atoms with van der Waals surface area (Å²) in [7, 11) is 0. The lowest BCUT2D eigenvalue weighted by molar-refractivity contribution is -0.137. The third kappa shape index (κ3) is 5.67. The topological polar surface area (TPSA) is 31.4 Å². The minimum atomic E-state index is -4.30. The highest BCUT2D eigenvalue weighted by Gasteiger charge is 2.30. The summed E-state index contributed by atoms with van der Waals surface area (Å²) in [5.74, 6) is 0.743. The molecule has 1 aromatic carbocycles. The van der Waals surface area contributed by atoms with Crippen molar-refractivity contribution in [2.75, 3.05) is 25.0 Å². The molecule has 0 bridgehead atoms. The van der Waals surface area contributed by atoms with Crippen molar-refractivity contribution in [3.05, 3.63) is 58.8 Å². The quantitative estimate of drug-likeness (QED) is 0.730. The molecule has 0 saturated carbocycles. The van der Waals surface area contributed by atoms with Crippen LogP contribution in [-0.2, 0) is 12.7 Å². The van der Waals surface area contributed by atoms with E-state index in [-0.39, 0.29) is 6.04 Å². The van der Waals surface area contributed by atoms with Crippen LogP contribution in [0.25, 0.3) is 0 Å². The molecule has 2 heterocycles.